The molecule has 0 aromatic heterocycles. The summed E-state index contributed by atoms with van der Waals surface area (Å²) in [6.45, 7) is 0. The SMILES string of the molecule is CNC1CC(c2ccc(O)c(Cl)c2)Oc2ccccc21. The van der Waals surface area contributed by atoms with Crippen LogP contribution in [0.4, 0.5) is 0 Å². The van der Waals surface area contributed by atoms with Crippen LogP contribution in [0.3, 0.4) is 0 Å². The lowest BCUT2D eigenvalue weighted by molar-refractivity contribution is 0.154. The van der Waals surface area contributed by atoms with Gasteiger partial charge in [0.1, 0.15) is 17.6 Å². The van der Waals surface area contributed by atoms with Crippen molar-refractivity contribution in [3.8, 4) is 11.5 Å². The maximum Gasteiger partial charge on any atom is 0.134 e. The zero-order valence-electron chi connectivity index (χ0n) is 11.1. The molecule has 2 aromatic carbocycles. The lowest BCUT2D eigenvalue weighted by Crippen LogP contribution is -2.26. The highest BCUT2D eigenvalue weighted by Gasteiger charge is 2.28. The van der Waals surface area contributed by atoms with Gasteiger partial charge in [-0.2, -0.15) is 0 Å². The van der Waals surface area contributed by atoms with Crippen molar-refractivity contribution in [1.82, 2.24) is 5.32 Å². The fourth-order valence-electron chi connectivity index (χ4n) is 2.62. The number of nitrogens with one attached hydrogen (secondary N) is 1. The summed E-state index contributed by atoms with van der Waals surface area (Å²) in [6, 6.07) is 13.5. The van der Waals surface area contributed by atoms with Crippen LogP contribution >= 0.6 is 11.6 Å². The van der Waals surface area contributed by atoms with Crippen LogP contribution < -0.4 is 10.1 Å². The van der Waals surface area contributed by atoms with Crippen molar-refractivity contribution in [3.63, 3.8) is 0 Å². The smallest absolute Gasteiger partial charge is 0.134 e. The normalized spacial score (nSPS) is 21.1. The Morgan fingerprint density at radius 1 is 1.25 bits per heavy atom. The maximum atomic E-state index is 9.51. The van der Waals surface area contributed by atoms with Gasteiger partial charge in [0, 0.05) is 18.0 Å². The molecule has 104 valence electrons. The number of para-hydroxylation sites is 1. The van der Waals surface area contributed by atoms with Crippen LogP contribution in [0.15, 0.2) is 42.5 Å². The minimum absolute atomic E-state index is 0.0690. The quantitative estimate of drug-likeness (QED) is 0.883. The summed E-state index contributed by atoms with van der Waals surface area (Å²) in [7, 11) is 1.95. The van der Waals surface area contributed by atoms with E-state index in [1.165, 1.54) is 5.56 Å². The molecule has 4 heteroatoms. The standard InChI is InChI=1S/C16H16ClNO2/c1-18-13-9-16(10-6-7-14(19)12(17)8-10)20-15-5-3-2-4-11(13)15/h2-8,13,16,18-19H,9H2,1H3. The molecule has 1 aliphatic heterocycles. The Labute approximate surface area is 123 Å². The Morgan fingerprint density at radius 2 is 2.05 bits per heavy atom. The fraction of sp³-hybridized carbons (Fsp3) is 0.250. The molecule has 0 spiro atoms. The molecule has 0 amide bonds. The second kappa shape index (κ2) is 5.35. The summed E-state index contributed by atoms with van der Waals surface area (Å²) in [5.41, 5.74) is 2.15. The van der Waals surface area contributed by atoms with Gasteiger partial charge in [0.05, 0.1) is 5.02 Å². The van der Waals surface area contributed by atoms with E-state index >= 15 is 0 Å². The molecule has 0 radical (unpaired) electrons. The van der Waals surface area contributed by atoms with Gasteiger partial charge in [-0.1, -0.05) is 35.9 Å². The third-order valence-electron chi connectivity index (χ3n) is 3.71. The molecule has 2 unspecified atom stereocenters. The van der Waals surface area contributed by atoms with Crippen molar-refractivity contribution >= 4 is 11.6 Å². The van der Waals surface area contributed by atoms with Crippen molar-refractivity contribution in [2.24, 2.45) is 0 Å². The molecule has 0 fully saturated rings. The minimum Gasteiger partial charge on any atom is -0.506 e. The second-order valence-electron chi connectivity index (χ2n) is 4.93. The topological polar surface area (TPSA) is 41.5 Å². The van der Waals surface area contributed by atoms with E-state index in [1.54, 1.807) is 12.1 Å². The Bertz CT molecular complexity index is 630. The maximum absolute atomic E-state index is 9.51. The minimum atomic E-state index is -0.0690. The Hall–Kier alpha value is -1.71. The van der Waals surface area contributed by atoms with Gasteiger partial charge in [-0.05, 0) is 30.8 Å². The monoisotopic (exact) mass is 289 g/mol. The average molecular weight is 290 g/mol. The van der Waals surface area contributed by atoms with Crippen molar-refractivity contribution in [1.29, 1.82) is 0 Å². The Kier molecular flexibility index (Phi) is 3.55. The number of phenolic OH excluding ortho intramolecular Hbond substituents is 1. The number of aromatic hydroxyl groups is 1. The van der Waals surface area contributed by atoms with E-state index in [4.69, 9.17) is 16.3 Å². The molecule has 3 rings (SSSR count). The lowest BCUT2D eigenvalue weighted by atomic mass is 9.93. The molecule has 0 bridgehead atoms. The number of phenols is 1. The predicted octanol–water partition coefficient (Wildman–Crippen LogP) is 3.83. The van der Waals surface area contributed by atoms with Crippen LogP contribution in [0.1, 0.15) is 29.7 Å². The molecule has 2 aromatic rings. The third kappa shape index (κ3) is 2.35. The van der Waals surface area contributed by atoms with Crippen LogP contribution in [-0.4, -0.2) is 12.2 Å². The van der Waals surface area contributed by atoms with E-state index in [0.717, 1.165) is 17.7 Å². The first-order valence-corrected chi connectivity index (χ1v) is 6.98. The molecule has 0 saturated heterocycles. The molecule has 20 heavy (non-hydrogen) atoms. The number of ether oxygens (including phenoxy) is 1. The summed E-state index contributed by atoms with van der Waals surface area (Å²) in [6.07, 6.45) is 0.759. The average Bonchev–Trinajstić information content (AvgIpc) is 2.49. The van der Waals surface area contributed by atoms with E-state index in [2.05, 4.69) is 11.4 Å². The first-order chi connectivity index (χ1) is 9.69. The van der Waals surface area contributed by atoms with Gasteiger partial charge in [0.2, 0.25) is 0 Å². The van der Waals surface area contributed by atoms with Crippen LogP contribution in [0.5, 0.6) is 11.5 Å². The molecule has 0 aliphatic carbocycles. The molecule has 1 aliphatic rings. The van der Waals surface area contributed by atoms with Crippen LogP contribution in [0.2, 0.25) is 5.02 Å². The van der Waals surface area contributed by atoms with E-state index in [-0.39, 0.29) is 17.9 Å². The van der Waals surface area contributed by atoms with E-state index in [0.29, 0.717) is 5.02 Å². The zero-order valence-corrected chi connectivity index (χ0v) is 11.9. The van der Waals surface area contributed by atoms with Gasteiger partial charge < -0.3 is 15.2 Å². The summed E-state index contributed by atoms with van der Waals surface area (Å²) in [4.78, 5) is 0. The van der Waals surface area contributed by atoms with Crippen molar-refractivity contribution < 1.29 is 9.84 Å². The molecule has 2 atom stereocenters. The predicted molar refractivity (Wildman–Crippen MR) is 79.3 cm³/mol. The number of hydrogen-bond donors (Lipinski definition) is 2. The van der Waals surface area contributed by atoms with Gasteiger partial charge in [0.25, 0.3) is 0 Å². The van der Waals surface area contributed by atoms with Crippen LogP contribution in [-0.2, 0) is 0 Å². The highest BCUT2D eigenvalue weighted by atomic mass is 35.5. The number of halogens is 1. The van der Waals surface area contributed by atoms with E-state index in [9.17, 15) is 5.11 Å². The summed E-state index contributed by atoms with van der Waals surface area (Å²) in [5.74, 6) is 0.990. The first kappa shape index (κ1) is 13.3. The second-order valence-corrected chi connectivity index (χ2v) is 5.34. The largest absolute Gasteiger partial charge is 0.506 e. The van der Waals surface area contributed by atoms with Crippen LogP contribution in [0, 0.1) is 0 Å². The first-order valence-electron chi connectivity index (χ1n) is 6.60. The van der Waals surface area contributed by atoms with Gasteiger partial charge in [-0.3, -0.25) is 0 Å². The number of benzene rings is 2. The third-order valence-corrected chi connectivity index (χ3v) is 4.01. The summed E-state index contributed by atoms with van der Waals surface area (Å²) >= 11 is 5.98. The summed E-state index contributed by atoms with van der Waals surface area (Å²) < 4.78 is 6.06. The van der Waals surface area contributed by atoms with E-state index in [1.807, 2.05) is 31.3 Å². The Morgan fingerprint density at radius 3 is 2.80 bits per heavy atom. The fourth-order valence-corrected chi connectivity index (χ4v) is 2.81. The van der Waals surface area contributed by atoms with E-state index < -0.39 is 0 Å². The molecule has 3 nitrogen and oxygen atoms in total. The molecular formula is C16H16ClNO2. The van der Waals surface area contributed by atoms with Crippen molar-refractivity contribution in [2.75, 3.05) is 7.05 Å². The number of rotatable bonds is 2. The van der Waals surface area contributed by atoms with Crippen LogP contribution in [0.25, 0.3) is 0 Å². The zero-order chi connectivity index (χ0) is 14.1. The number of fused-ring (bicyclic) bond motifs is 1. The summed E-state index contributed by atoms with van der Waals surface area (Å²) in [5, 5.41) is 13.2. The number of hydrogen-bond acceptors (Lipinski definition) is 3. The van der Waals surface area contributed by atoms with Gasteiger partial charge in [-0.25, -0.2) is 0 Å². The van der Waals surface area contributed by atoms with Crippen molar-refractivity contribution in [2.45, 2.75) is 18.6 Å². The van der Waals surface area contributed by atoms with Crippen molar-refractivity contribution in [3.05, 3.63) is 58.6 Å². The highest BCUT2D eigenvalue weighted by molar-refractivity contribution is 6.32. The highest BCUT2D eigenvalue weighted by Crippen LogP contribution is 2.41. The molecule has 2 N–H and O–H groups in total. The molecular weight excluding hydrogens is 274 g/mol. The van der Waals surface area contributed by atoms with Gasteiger partial charge in [0.15, 0.2) is 0 Å². The molecule has 0 saturated carbocycles. The lowest BCUT2D eigenvalue weighted by Gasteiger charge is -2.32. The van der Waals surface area contributed by atoms with Gasteiger partial charge >= 0.3 is 0 Å². The Balaban J connectivity index is 1.95. The molecule has 1 heterocycles. The van der Waals surface area contributed by atoms with Gasteiger partial charge in [-0.15, -0.1) is 0 Å².